The topological polar surface area (TPSA) is 61.4 Å². The summed E-state index contributed by atoms with van der Waals surface area (Å²) in [5.41, 5.74) is 3.90. The van der Waals surface area contributed by atoms with Crippen molar-refractivity contribution in [2.24, 2.45) is 0 Å². The second-order valence-corrected chi connectivity index (χ2v) is 5.59. The van der Waals surface area contributed by atoms with Crippen LogP contribution in [-0.4, -0.2) is 29.7 Å². The van der Waals surface area contributed by atoms with Crippen LogP contribution in [0.3, 0.4) is 0 Å². The third-order valence-corrected chi connectivity index (χ3v) is 3.84. The molecule has 0 saturated carbocycles. The zero-order valence-electron chi connectivity index (χ0n) is 12.3. The van der Waals surface area contributed by atoms with Crippen molar-refractivity contribution in [2.75, 3.05) is 11.9 Å². The molecule has 0 radical (unpaired) electrons. The van der Waals surface area contributed by atoms with Crippen LogP contribution >= 0.6 is 0 Å². The Labute approximate surface area is 120 Å². The van der Waals surface area contributed by atoms with Gasteiger partial charge in [-0.15, -0.1) is 0 Å². The Balaban J connectivity index is 1.97. The van der Waals surface area contributed by atoms with Crippen LogP contribution in [0.5, 0.6) is 0 Å². The molecule has 4 nitrogen and oxygen atoms in total. The maximum atomic E-state index is 11.0. The second kappa shape index (κ2) is 6.75. The highest BCUT2D eigenvalue weighted by Crippen LogP contribution is 2.23. The smallest absolute Gasteiger partial charge is 0.320 e. The molecule has 2 unspecified atom stereocenters. The molecule has 4 heteroatoms. The van der Waals surface area contributed by atoms with Crippen molar-refractivity contribution in [3.8, 4) is 0 Å². The molecule has 0 aromatic heterocycles. The predicted octanol–water partition coefficient (Wildman–Crippen LogP) is 2.43. The molecular weight excluding hydrogens is 252 g/mol. The molecule has 0 aliphatic carbocycles. The normalized spacial score (nSPS) is 16.9. The SMILES string of the molecule is CCC(NC(C)Cc1ccc2c(c1)CCCN2)C(=O)O. The predicted molar refractivity (Wildman–Crippen MR) is 81.3 cm³/mol. The number of hydrogen-bond acceptors (Lipinski definition) is 3. The lowest BCUT2D eigenvalue weighted by Gasteiger charge is -2.21. The van der Waals surface area contributed by atoms with E-state index in [0.29, 0.717) is 6.42 Å². The van der Waals surface area contributed by atoms with Crippen molar-refractivity contribution in [3.63, 3.8) is 0 Å². The van der Waals surface area contributed by atoms with Gasteiger partial charge < -0.3 is 15.7 Å². The second-order valence-electron chi connectivity index (χ2n) is 5.59. The molecular formula is C16H24N2O2. The van der Waals surface area contributed by atoms with Crippen molar-refractivity contribution in [1.82, 2.24) is 5.32 Å². The van der Waals surface area contributed by atoms with Gasteiger partial charge in [-0.05, 0) is 49.8 Å². The van der Waals surface area contributed by atoms with Crippen LogP contribution in [0.15, 0.2) is 18.2 Å². The van der Waals surface area contributed by atoms with E-state index >= 15 is 0 Å². The van der Waals surface area contributed by atoms with Crippen LogP contribution < -0.4 is 10.6 Å². The number of benzene rings is 1. The molecule has 2 rings (SSSR count). The van der Waals surface area contributed by atoms with Crippen molar-refractivity contribution in [2.45, 2.75) is 51.6 Å². The van der Waals surface area contributed by atoms with E-state index in [1.807, 2.05) is 13.8 Å². The molecule has 1 heterocycles. The molecule has 1 aromatic rings. The van der Waals surface area contributed by atoms with Crippen LogP contribution in [0.4, 0.5) is 5.69 Å². The van der Waals surface area contributed by atoms with Gasteiger partial charge in [0.15, 0.2) is 0 Å². The fraction of sp³-hybridized carbons (Fsp3) is 0.562. The Morgan fingerprint density at radius 1 is 1.50 bits per heavy atom. The number of hydrogen-bond donors (Lipinski definition) is 3. The van der Waals surface area contributed by atoms with E-state index in [9.17, 15) is 4.79 Å². The molecule has 20 heavy (non-hydrogen) atoms. The lowest BCUT2D eigenvalue weighted by Crippen LogP contribution is -2.42. The zero-order valence-corrected chi connectivity index (χ0v) is 12.3. The number of carboxylic acids is 1. The molecule has 3 N–H and O–H groups in total. The molecule has 0 saturated heterocycles. The van der Waals surface area contributed by atoms with Gasteiger partial charge in [0.2, 0.25) is 0 Å². The Bertz CT molecular complexity index is 474. The number of aliphatic carboxylic acids is 1. The number of carbonyl (C=O) groups is 1. The molecule has 0 bridgehead atoms. The Kier molecular flexibility index (Phi) is 5.01. The Morgan fingerprint density at radius 2 is 2.30 bits per heavy atom. The summed E-state index contributed by atoms with van der Waals surface area (Å²) in [6, 6.07) is 6.23. The summed E-state index contributed by atoms with van der Waals surface area (Å²) in [4.78, 5) is 11.0. The lowest BCUT2D eigenvalue weighted by atomic mass is 9.97. The van der Waals surface area contributed by atoms with Gasteiger partial charge in [-0.3, -0.25) is 4.79 Å². The van der Waals surface area contributed by atoms with Crippen molar-refractivity contribution in [1.29, 1.82) is 0 Å². The molecule has 0 amide bonds. The summed E-state index contributed by atoms with van der Waals surface area (Å²) in [7, 11) is 0. The number of aryl methyl sites for hydroxylation is 1. The van der Waals surface area contributed by atoms with Gasteiger partial charge in [-0.1, -0.05) is 19.1 Å². The number of carboxylic acid groups (broad SMARTS) is 1. The quantitative estimate of drug-likeness (QED) is 0.747. The summed E-state index contributed by atoms with van der Waals surface area (Å²) in [6.45, 7) is 4.99. The maximum absolute atomic E-state index is 11.0. The van der Waals surface area contributed by atoms with E-state index < -0.39 is 12.0 Å². The van der Waals surface area contributed by atoms with Gasteiger partial charge in [0.1, 0.15) is 6.04 Å². The third-order valence-electron chi connectivity index (χ3n) is 3.84. The van der Waals surface area contributed by atoms with Crippen LogP contribution in [-0.2, 0) is 17.6 Å². The average Bonchev–Trinajstić information content (AvgIpc) is 2.44. The van der Waals surface area contributed by atoms with E-state index in [2.05, 4.69) is 28.8 Å². The van der Waals surface area contributed by atoms with Gasteiger partial charge >= 0.3 is 5.97 Å². The highest BCUT2D eigenvalue weighted by Gasteiger charge is 2.17. The summed E-state index contributed by atoms with van der Waals surface area (Å²) in [6.07, 6.45) is 3.77. The molecule has 0 spiro atoms. The molecule has 1 aromatic carbocycles. The van der Waals surface area contributed by atoms with Crippen molar-refractivity contribution in [3.05, 3.63) is 29.3 Å². The monoisotopic (exact) mass is 276 g/mol. The van der Waals surface area contributed by atoms with Gasteiger partial charge in [-0.25, -0.2) is 0 Å². The fourth-order valence-corrected chi connectivity index (χ4v) is 2.77. The highest BCUT2D eigenvalue weighted by molar-refractivity contribution is 5.73. The Hall–Kier alpha value is -1.55. The fourth-order valence-electron chi connectivity index (χ4n) is 2.77. The zero-order chi connectivity index (χ0) is 14.5. The van der Waals surface area contributed by atoms with E-state index in [4.69, 9.17) is 5.11 Å². The first-order valence-electron chi connectivity index (χ1n) is 7.44. The number of rotatable bonds is 6. The lowest BCUT2D eigenvalue weighted by molar-refractivity contribution is -0.139. The molecule has 2 atom stereocenters. The van der Waals surface area contributed by atoms with Crippen LogP contribution in [0, 0.1) is 0 Å². The summed E-state index contributed by atoms with van der Waals surface area (Å²) in [5.74, 6) is -0.769. The Morgan fingerprint density at radius 3 is 3.00 bits per heavy atom. The van der Waals surface area contributed by atoms with Gasteiger partial charge in [0.25, 0.3) is 0 Å². The summed E-state index contributed by atoms with van der Waals surface area (Å²) < 4.78 is 0. The van der Waals surface area contributed by atoms with E-state index in [1.54, 1.807) is 0 Å². The van der Waals surface area contributed by atoms with Crippen molar-refractivity contribution >= 4 is 11.7 Å². The standard InChI is InChI=1S/C16H24N2O2/c1-3-14(16(19)20)18-11(2)9-12-6-7-15-13(10-12)5-4-8-17-15/h6-7,10-11,14,17-18H,3-5,8-9H2,1-2H3,(H,19,20). The van der Waals surface area contributed by atoms with Crippen LogP contribution in [0.25, 0.3) is 0 Å². The van der Waals surface area contributed by atoms with Crippen molar-refractivity contribution < 1.29 is 9.90 Å². The van der Waals surface area contributed by atoms with E-state index in [-0.39, 0.29) is 6.04 Å². The van der Waals surface area contributed by atoms with Gasteiger partial charge in [0.05, 0.1) is 0 Å². The number of fused-ring (bicyclic) bond motifs is 1. The van der Waals surface area contributed by atoms with Crippen LogP contribution in [0.1, 0.15) is 37.8 Å². The minimum absolute atomic E-state index is 0.158. The average molecular weight is 276 g/mol. The number of anilines is 1. The minimum Gasteiger partial charge on any atom is -0.480 e. The summed E-state index contributed by atoms with van der Waals surface area (Å²) >= 11 is 0. The molecule has 0 fully saturated rings. The van der Waals surface area contributed by atoms with E-state index in [0.717, 1.165) is 19.4 Å². The summed E-state index contributed by atoms with van der Waals surface area (Å²) in [5, 5.41) is 15.7. The number of nitrogens with one attached hydrogen (secondary N) is 2. The van der Waals surface area contributed by atoms with Crippen LogP contribution in [0.2, 0.25) is 0 Å². The molecule has 1 aliphatic rings. The van der Waals surface area contributed by atoms with Gasteiger partial charge in [-0.2, -0.15) is 0 Å². The largest absolute Gasteiger partial charge is 0.480 e. The highest BCUT2D eigenvalue weighted by atomic mass is 16.4. The third kappa shape index (κ3) is 3.73. The molecule has 110 valence electrons. The first kappa shape index (κ1) is 14.9. The van der Waals surface area contributed by atoms with E-state index in [1.165, 1.54) is 23.2 Å². The molecule has 1 aliphatic heterocycles. The van der Waals surface area contributed by atoms with Gasteiger partial charge in [0, 0.05) is 18.3 Å². The minimum atomic E-state index is -0.769. The maximum Gasteiger partial charge on any atom is 0.320 e. The first-order chi connectivity index (χ1) is 9.60. The first-order valence-corrected chi connectivity index (χ1v) is 7.44.